The zero-order valence-corrected chi connectivity index (χ0v) is 18.9. The Balaban J connectivity index is 2.06. The Morgan fingerprint density at radius 3 is 2.32 bits per heavy atom. The van der Waals surface area contributed by atoms with Gasteiger partial charge in [0.25, 0.3) is 5.91 Å². The van der Waals surface area contributed by atoms with Crippen LogP contribution >= 0.6 is 27.5 Å². The molecule has 2 rings (SSSR count). The van der Waals surface area contributed by atoms with Crippen molar-refractivity contribution in [1.82, 2.24) is 4.31 Å². The number of nitrogens with one attached hydrogen (secondary N) is 1. The van der Waals surface area contributed by atoms with Crippen molar-refractivity contribution in [2.24, 2.45) is 0 Å². The topological polar surface area (TPSA) is 75.7 Å². The van der Waals surface area contributed by atoms with Gasteiger partial charge in [-0.05, 0) is 65.3 Å². The van der Waals surface area contributed by atoms with Crippen LogP contribution in [0, 0.1) is 0 Å². The SMILES string of the molecule is CCN(CC)S(=O)(=O)c1ccc(NC(=O)C(C)Oc2ccc(Cl)cc2Br)cc1. The van der Waals surface area contributed by atoms with Gasteiger partial charge in [0.15, 0.2) is 6.10 Å². The number of anilines is 1. The summed E-state index contributed by atoms with van der Waals surface area (Å²) < 4.78 is 32.7. The van der Waals surface area contributed by atoms with E-state index >= 15 is 0 Å². The molecule has 0 fully saturated rings. The summed E-state index contributed by atoms with van der Waals surface area (Å²) in [6.45, 7) is 5.99. The quantitative estimate of drug-likeness (QED) is 0.591. The lowest BCUT2D eigenvalue weighted by Gasteiger charge is -2.19. The zero-order chi connectivity index (χ0) is 20.9. The monoisotopic (exact) mass is 488 g/mol. The van der Waals surface area contributed by atoms with Crippen LogP contribution in [0.25, 0.3) is 0 Å². The molecule has 6 nitrogen and oxygen atoms in total. The van der Waals surface area contributed by atoms with Gasteiger partial charge >= 0.3 is 0 Å². The van der Waals surface area contributed by atoms with E-state index in [-0.39, 0.29) is 10.8 Å². The van der Waals surface area contributed by atoms with Gasteiger partial charge < -0.3 is 10.1 Å². The number of benzene rings is 2. The lowest BCUT2D eigenvalue weighted by atomic mass is 10.3. The van der Waals surface area contributed by atoms with Crippen molar-refractivity contribution < 1.29 is 17.9 Å². The first kappa shape index (κ1) is 22.7. The highest BCUT2D eigenvalue weighted by atomic mass is 79.9. The van der Waals surface area contributed by atoms with E-state index in [1.807, 2.05) is 0 Å². The molecule has 0 aliphatic carbocycles. The fourth-order valence-electron chi connectivity index (χ4n) is 2.48. The van der Waals surface area contributed by atoms with E-state index in [0.717, 1.165) is 0 Å². The van der Waals surface area contributed by atoms with Crippen molar-refractivity contribution in [3.8, 4) is 5.75 Å². The number of sulfonamides is 1. The Hall–Kier alpha value is -1.61. The van der Waals surface area contributed by atoms with E-state index in [4.69, 9.17) is 16.3 Å². The molecule has 0 saturated carbocycles. The molecule has 0 spiro atoms. The maximum Gasteiger partial charge on any atom is 0.265 e. The van der Waals surface area contributed by atoms with Gasteiger partial charge in [-0.3, -0.25) is 4.79 Å². The van der Waals surface area contributed by atoms with Crippen molar-refractivity contribution in [3.63, 3.8) is 0 Å². The predicted molar refractivity (Wildman–Crippen MR) is 114 cm³/mol. The Morgan fingerprint density at radius 2 is 1.79 bits per heavy atom. The molecule has 0 radical (unpaired) electrons. The third-order valence-electron chi connectivity index (χ3n) is 4.03. The molecule has 1 atom stereocenters. The summed E-state index contributed by atoms with van der Waals surface area (Å²) >= 11 is 9.23. The molecule has 0 aliphatic heterocycles. The number of ether oxygens (including phenoxy) is 1. The Kier molecular flexibility index (Phi) is 7.88. The highest BCUT2D eigenvalue weighted by Crippen LogP contribution is 2.29. The number of rotatable bonds is 8. The number of hydrogen-bond donors (Lipinski definition) is 1. The third-order valence-corrected chi connectivity index (χ3v) is 6.95. The van der Waals surface area contributed by atoms with E-state index in [2.05, 4.69) is 21.2 Å². The maximum atomic E-state index is 12.5. The molecule has 9 heteroatoms. The lowest BCUT2D eigenvalue weighted by Crippen LogP contribution is -2.31. The average Bonchev–Trinajstić information content (AvgIpc) is 2.65. The first-order valence-corrected chi connectivity index (χ1v) is 11.3. The number of halogens is 2. The van der Waals surface area contributed by atoms with E-state index in [1.54, 1.807) is 51.1 Å². The molecule has 152 valence electrons. The molecular weight excluding hydrogens is 468 g/mol. The van der Waals surface area contributed by atoms with Gasteiger partial charge in [0.05, 0.1) is 9.37 Å². The van der Waals surface area contributed by atoms with Crippen molar-refractivity contribution >= 4 is 49.1 Å². The van der Waals surface area contributed by atoms with Crippen LogP contribution in [0.1, 0.15) is 20.8 Å². The zero-order valence-electron chi connectivity index (χ0n) is 15.8. The van der Waals surface area contributed by atoms with Gasteiger partial charge in [-0.2, -0.15) is 4.31 Å². The van der Waals surface area contributed by atoms with Crippen LogP contribution in [-0.2, 0) is 14.8 Å². The van der Waals surface area contributed by atoms with E-state index in [9.17, 15) is 13.2 Å². The predicted octanol–water partition coefficient (Wildman–Crippen LogP) is 4.54. The van der Waals surface area contributed by atoms with Crippen LogP contribution < -0.4 is 10.1 Å². The second-order valence-corrected chi connectivity index (χ2v) is 9.17. The second-order valence-electron chi connectivity index (χ2n) is 5.94. The number of hydrogen-bond acceptors (Lipinski definition) is 4. The summed E-state index contributed by atoms with van der Waals surface area (Å²) in [6, 6.07) is 11.1. The van der Waals surface area contributed by atoms with Gasteiger partial charge in [0.2, 0.25) is 10.0 Å². The molecule has 2 aromatic rings. The Labute approximate surface area is 179 Å². The van der Waals surface area contributed by atoms with E-state index < -0.39 is 16.1 Å². The number of nitrogens with zero attached hydrogens (tertiary/aromatic N) is 1. The fourth-order valence-corrected chi connectivity index (χ4v) is 4.72. The largest absolute Gasteiger partial charge is 0.480 e. The smallest absolute Gasteiger partial charge is 0.265 e. The molecule has 1 amide bonds. The maximum absolute atomic E-state index is 12.5. The average molecular weight is 490 g/mol. The lowest BCUT2D eigenvalue weighted by molar-refractivity contribution is -0.122. The molecule has 28 heavy (non-hydrogen) atoms. The number of carbonyl (C=O) groups excluding carboxylic acids is 1. The molecule has 0 saturated heterocycles. The van der Waals surface area contributed by atoms with Crippen LogP contribution in [0.15, 0.2) is 51.8 Å². The van der Waals surface area contributed by atoms with Crippen molar-refractivity contribution in [2.45, 2.75) is 31.8 Å². The molecule has 0 aromatic heterocycles. The van der Waals surface area contributed by atoms with Crippen LogP contribution in [0.2, 0.25) is 5.02 Å². The summed E-state index contributed by atoms with van der Waals surface area (Å²) in [5.41, 5.74) is 0.481. The molecule has 0 bridgehead atoms. The fraction of sp³-hybridized carbons (Fsp3) is 0.316. The van der Waals surface area contributed by atoms with Crippen LogP contribution in [0.3, 0.4) is 0 Å². The highest BCUT2D eigenvalue weighted by molar-refractivity contribution is 9.10. The standard InChI is InChI=1S/C19H22BrClN2O4S/c1-4-23(5-2)28(25,26)16-9-7-15(8-10-16)22-19(24)13(3)27-18-11-6-14(21)12-17(18)20/h6-13H,4-5H2,1-3H3,(H,22,24). The summed E-state index contributed by atoms with van der Waals surface area (Å²) in [6.07, 6.45) is -0.767. The summed E-state index contributed by atoms with van der Waals surface area (Å²) in [4.78, 5) is 12.6. The molecule has 0 aliphatic rings. The molecule has 1 N–H and O–H groups in total. The van der Waals surface area contributed by atoms with Crippen molar-refractivity contribution in [2.75, 3.05) is 18.4 Å². The summed E-state index contributed by atoms with van der Waals surface area (Å²) in [5, 5.41) is 3.27. The van der Waals surface area contributed by atoms with E-state index in [1.165, 1.54) is 16.4 Å². The summed E-state index contributed by atoms with van der Waals surface area (Å²) in [5.74, 6) is 0.133. The minimum absolute atomic E-state index is 0.184. The highest BCUT2D eigenvalue weighted by Gasteiger charge is 2.22. The minimum Gasteiger partial charge on any atom is -0.480 e. The normalized spacial score (nSPS) is 12.6. The Bertz CT molecular complexity index is 931. The van der Waals surface area contributed by atoms with Gasteiger partial charge in [0.1, 0.15) is 5.75 Å². The van der Waals surface area contributed by atoms with Gasteiger partial charge in [-0.25, -0.2) is 8.42 Å². The summed E-state index contributed by atoms with van der Waals surface area (Å²) in [7, 11) is -3.53. The van der Waals surface area contributed by atoms with Gasteiger partial charge in [-0.15, -0.1) is 0 Å². The van der Waals surface area contributed by atoms with Crippen molar-refractivity contribution in [1.29, 1.82) is 0 Å². The second kappa shape index (κ2) is 9.73. The van der Waals surface area contributed by atoms with Gasteiger partial charge in [-0.1, -0.05) is 25.4 Å². The minimum atomic E-state index is -3.53. The van der Waals surface area contributed by atoms with Crippen LogP contribution in [0.5, 0.6) is 5.75 Å². The van der Waals surface area contributed by atoms with Crippen molar-refractivity contribution in [3.05, 3.63) is 52.0 Å². The van der Waals surface area contributed by atoms with Crippen LogP contribution in [0.4, 0.5) is 5.69 Å². The Morgan fingerprint density at radius 1 is 1.18 bits per heavy atom. The van der Waals surface area contributed by atoms with Crippen LogP contribution in [-0.4, -0.2) is 37.8 Å². The number of amides is 1. The molecule has 1 unspecified atom stereocenters. The van der Waals surface area contributed by atoms with E-state index in [0.29, 0.717) is 34.0 Å². The molecular formula is C19H22BrClN2O4S. The first-order chi connectivity index (χ1) is 13.2. The molecule has 2 aromatic carbocycles. The van der Waals surface area contributed by atoms with Gasteiger partial charge in [0, 0.05) is 23.8 Å². The molecule has 0 heterocycles. The number of carbonyl (C=O) groups is 1. The first-order valence-electron chi connectivity index (χ1n) is 8.71. The third kappa shape index (κ3) is 5.47.